The van der Waals surface area contributed by atoms with Gasteiger partial charge in [0.1, 0.15) is 17.5 Å². The van der Waals surface area contributed by atoms with Gasteiger partial charge in [-0.15, -0.1) is 0 Å². The molecule has 1 fully saturated rings. The number of anilines is 2. The van der Waals surface area contributed by atoms with Gasteiger partial charge in [-0.05, 0) is 50.5 Å². The van der Waals surface area contributed by atoms with Gasteiger partial charge < -0.3 is 10.2 Å². The normalized spacial score (nSPS) is 18.1. The molecule has 2 aromatic carbocycles. The van der Waals surface area contributed by atoms with Crippen LogP contribution in [0.25, 0.3) is 10.9 Å². The second-order valence-electron chi connectivity index (χ2n) is 9.23. The Morgan fingerprint density at radius 2 is 1.85 bits per heavy atom. The van der Waals surface area contributed by atoms with Crippen molar-refractivity contribution in [3.8, 4) is 0 Å². The zero-order valence-electron chi connectivity index (χ0n) is 19.1. The van der Waals surface area contributed by atoms with Crippen LogP contribution in [-0.4, -0.2) is 22.9 Å². The molecule has 0 radical (unpaired) electrons. The van der Waals surface area contributed by atoms with Gasteiger partial charge in [-0.1, -0.05) is 25.0 Å². The highest BCUT2D eigenvalue weighted by Gasteiger charge is 2.51. The Labute approximate surface area is 194 Å². The Morgan fingerprint density at radius 1 is 1.15 bits per heavy atom. The van der Waals surface area contributed by atoms with Gasteiger partial charge in [-0.25, -0.2) is 14.4 Å². The van der Waals surface area contributed by atoms with Gasteiger partial charge in [0.2, 0.25) is 5.91 Å². The Balaban J connectivity index is 1.61. The summed E-state index contributed by atoms with van der Waals surface area (Å²) in [5.41, 5.74) is 0.394. The number of nitrogens with zero attached hydrogens (tertiary/aromatic N) is 3. The summed E-state index contributed by atoms with van der Waals surface area (Å²) >= 11 is 0. The van der Waals surface area contributed by atoms with E-state index in [1.165, 1.54) is 12.1 Å². The third kappa shape index (κ3) is 3.32. The highest BCUT2D eigenvalue weighted by Crippen LogP contribution is 2.52. The number of rotatable bonds is 3. The molecule has 1 atom stereocenters. The summed E-state index contributed by atoms with van der Waals surface area (Å²) in [6.07, 6.45) is -1.30. The summed E-state index contributed by atoms with van der Waals surface area (Å²) in [6.45, 7) is 3.30. The minimum atomic E-state index is -4.78. The van der Waals surface area contributed by atoms with Crippen molar-refractivity contribution in [1.29, 1.82) is 0 Å². The van der Waals surface area contributed by atoms with Gasteiger partial charge in [-0.3, -0.25) is 4.79 Å². The van der Waals surface area contributed by atoms with Gasteiger partial charge in [-0.2, -0.15) is 13.2 Å². The van der Waals surface area contributed by atoms with Crippen molar-refractivity contribution in [1.82, 2.24) is 9.97 Å². The number of halogens is 4. The Hall–Kier alpha value is -3.23. The molecule has 0 unspecified atom stereocenters. The van der Waals surface area contributed by atoms with Crippen molar-refractivity contribution in [2.24, 2.45) is 0 Å². The van der Waals surface area contributed by atoms with E-state index in [0.29, 0.717) is 22.5 Å². The number of fused-ring (bicyclic) bond motifs is 3. The van der Waals surface area contributed by atoms with Crippen LogP contribution in [0.5, 0.6) is 0 Å². The summed E-state index contributed by atoms with van der Waals surface area (Å²) in [4.78, 5) is 23.9. The molecule has 2 heterocycles. The zero-order valence-corrected chi connectivity index (χ0v) is 19.1. The van der Waals surface area contributed by atoms with E-state index in [0.717, 1.165) is 43.0 Å². The number of carbonyl (C=O) groups is 1. The molecule has 34 heavy (non-hydrogen) atoms. The first-order chi connectivity index (χ1) is 16.0. The molecule has 9 heteroatoms. The number of alkyl halides is 3. The molecule has 5 nitrogen and oxygen atoms in total. The minimum Gasteiger partial charge on any atom is -0.363 e. The first-order valence-corrected chi connectivity index (χ1v) is 11.3. The molecule has 1 aromatic heterocycles. The van der Waals surface area contributed by atoms with Gasteiger partial charge in [0.15, 0.2) is 0 Å². The largest absolute Gasteiger partial charge is 0.419 e. The molecule has 1 saturated carbocycles. The fourth-order valence-corrected chi connectivity index (χ4v) is 5.44. The van der Waals surface area contributed by atoms with Crippen molar-refractivity contribution in [2.75, 3.05) is 17.3 Å². The van der Waals surface area contributed by atoms with Crippen LogP contribution in [0.4, 0.5) is 29.1 Å². The second-order valence-corrected chi connectivity index (χ2v) is 9.23. The van der Waals surface area contributed by atoms with E-state index in [4.69, 9.17) is 0 Å². The van der Waals surface area contributed by atoms with E-state index in [2.05, 4.69) is 15.3 Å². The molecule has 178 valence electrons. The number of benzene rings is 2. The lowest BCUT2D eigenvalue weighted by molar-refractivity contribution is -0.140. The predicted molar refractivity (Wildman–Crippen MR) is 121 cm³/mol. The molecule has 2 aliphatic rings. The van der Waals surface area contributed by atoms with Gasteiger partial charge in [0, 0.05) is 23.7 Å². The van der Waals surface area contributed by atoms with E-state index in [-0.39, 0.29) is 11.5 Å². The third-order valence-corrected chi connectivity index (χ3v) is 7.13. The molecule has 0 saturated heterocycles. The van der Waals surface area contributed by atoms with Crippen LogP contribution >= 0.6 is 0 Å². The minimum absolute atomic E-state index is 0.0777. The molecule has 0 bridgehead atoms. The molecule has 1 amide bonds. The maximum absolute atomic E-state index is 14.7. The van der Waals surface area contributed by atoms with Crippen molar-refractivity contribution < 1.29 is 22.4 Å². The number of amides is 1. The Kier molecular flexibility index (Phi) is 5.07. The molecule has 1 spiro atoms. The summed E-state index contributed by atoms with van der Waals surface area (Å²) in [7, 11) is 1.77. The van der Waals surface area contributed by atoms with Crippen molar-refractivity contribution >= 4 is 28.3 Å². The molecular weight excluding hydrogens is 448 g/mol. The highest BCUT2D eigenvalue weighted by molar-refractivity contribution is 6.10. The van der Waals surface area contributed by atoms with E-state index >= 15 is 0 Å². The smallest absolute Gasteiger partial charge is 0.363 e. The number of aryl methyl sites for hydroxylation is 1. The molecule has 3 aromatic rings. The molecule has 1 aliphatic carbocycles. The van der Waals surface area contributed by atoms with Crippen LogP contribution in [0, 0.1) is 12.7 Å². The Morgan fingerprint density at radius 3 is 2.53 bits per heavy atom. The van der Waals surface area contributed by atoms with Crippen molar-refractivity contribution in [3.05, 3.63) is 58.7 Å². The average molecular weight is 472 g/mol. The predicted octanol–water partition coefficient (Wildman–Crippen LogP) is 6.06. The zero-order chi connectivity index (χ0) is 24.4. The standard InChI is InChI=1S/C25H24F4N4O/c1-13(15-7-6-8-17(21(15)26)25(27,28)29)30-22-16-11-18-20(12-19(16)31-14(2)32-22)33(3)23(34)24(18)9-4-5-10-24/h6-8,11-13H,4-5,9-10H2,1-3H3,(H,30,31,32)/t13-/m1/s1. The maximum Gasteiger partial charge on any atom is 0.419 e. The van der Waals surface area contributed by atoms with Gasteiger partial charge >= 0.3 is 6.18 Å². The average Bonchev–Trinajstić information content (AvgIpc) is 3.33. The van der Waals surface area contributed by atoms with Crippen molar-refractivity contribution in [2.45, 2.75) is 57.2 Å². The lowest BCUT2D eigenvalue weighted by Crippen LogP contribution is -2.36. The maximum atomic E-state index is 14.7. The second kappa shape index (κ2) is 7.65. The number of carbonyl (C=O) groups excluding carboxylic acids is 1. The van der Waals surface area contributed by atoms with Crippen LogP contribution in [0.2, 0.25) is 0 Å². The molecular formula is C25H24F4N4O. The monoisotopic (exact) mass is 472 g/mol. The fraction of sp³-hybridized carbons (Fsp3) is 0.400. The summed E-state index contributed by atoms with van der Waals surface area (Å²) < 4.78 is 54.4. The molecule has 5 rings (SSSR count). The topological polar surface area (TPSA) is 58.1 Å². The van der Waals surface area contributed by atoms with Crippen molar-refractivity contribution in [3.63, 3.8) is 0 Å². The SMILES string of the molecule is Cc1nc(N[C@H](C)c2cccc(C(F)(F)F)c2F)c2cc3c(cc2n1)N(C)C(=O)C31CCCC1. The number of aromatic nitrogens is 2. The third-order valence-electron chi connectivity index (χ3n) is 7.13. The Bertz CT molecular complexity index is 1310. The highest BCUT2D eigenvalue weighted by atomic mass is 19.4. The van der Waals surface area contributed by atoms with E-state index in [1.54, 1.807) is 25.8 Å². The number of likely N-dealkylation sites (N-methyl/N-ethyl adjacent to an activating group) is 1. The summed E-state index contributed by atoms with van der Waals surface area (Å²) in [5.74, 6) is -0.379. The van der Waals surface area contributed by atoms with E-state index in [9.17, 15) is 22.4 Å². The van der Waals surface area contributed by atoms with Crippen LogP contribution < -0.4 is 10.2 Å². The van der Waals surface area contributed by atoms with Crippen LogP contribution in [0.1, 0.15) is 61.2 Å². The quantitative estimate of drug-likeness (QED) is 0.471. The fourth-order valence-electron chi connectivity index (χ4n) is 5.44. The number of hydrogen-bond acceptors (Lipinski definition) is 4. The summed E-state index contributed by atoms with van der Waals surface area (Å²) in [5, 5.41) is 3.75. The van der Waals surface area contributed by atoms with Gasteiger partial charge in [0.25, 0.3) is 0 Å². The number of hydrogen-bond donors (Lipinski definition) is 1. The first-order valence-electron chi connectivity index (χ1n) is 11.3. The van der Waals surface area contributed by atoms with Crippen LogP contribution in [-0.2, 0) is 16.4 Å². The lowest BCUT2D eigenvalue weighted by Gasteiger charge is -2.22. The molecule has 1 aliphatic heterocycles. The lowest BCUT2D eigenvalue weighted by atomic mass is 9.79. The number of nitrogens with one attached hydrogen (secondary N) is 1. The van der Waals surface area contributed by atoms with Gasteiger partial charge in [0.05, 0.1) is 22.5 Å². The summed E-state index contributed by atoms with van der Waals surface area (Å²) in [6, 6.07) is 6.25. The molecule has 1 N–H and O–H groups in total. The van der Waals surface area contributed by atoms with E-state index in [1.807, 2.05) is 12.1 Å². The van der Waals surface area contributed by atoms with Crippen LogP contribution in [0.15, 0.2) is 30.3 Å². The van der Waals surface area contributed by atoms with Crippen LogP contribution in [0.3, 0.4) is 0 Å². The first kappa shape index (κ1) is 22.6. The van der Waals surface area contributed by atoms with E-state index < -0.39 is 29.0 Å².